The van der Waals surface area contributed by atoms with Gasteiger partial charge in [0.15, 0.2) is 0 Å². The number of aromatic nitrogens is 2. The average Bonchev–Trinajstić information content (AvgIpc) is 4.00. The molecule has 0 radical (unpaired) electrons. The molecule has 0 N–H and O–H groups in total. The molecule has 0 saturated carbocycles. The molecule has 0 unspecified atom stereocenters. The first-order valence-electron chi connectivity index (χ1n) is 19.0. The summed E-state index contributed by atoms with van der Waals surface area (Å²) in [7, 11) is 0. The average molecular weight is 717 g/mol. The van der Waals surface area contributed by atoms with Crippen molar-refractivity contribution in [1.29, 1.82) is 0 Å². The molecule has 262 valence electrons. The van der Waals surface area contributed by atoms with Gasteiger partial charge < -0.3 is 8.83 Å². The maximum absolute atomic E-state index is 6.59. The van der Waals surface area contributed by atoms with Crippen molar-refractivity contribution in [1.82, 2.24) is 9.13 Å². The fourth-order valence-corrected chi connectivity index (χ4v) is 8.77. The molecule has 4 nitrogen and oxygen atoms in total. The molecule has 56 heavy (non-hydrogen) atoms. The third-order valence-corrected chi connectivity index (χ3v) is 11.3. The van der Waals surface area contributed by atoms with Gasteiger partial charge in [-0.05, 0) is 112 Å². The molecule has 12 rings (SSSR count). The van der Waals surface area contributed by atoms with E-state index in [1.165, 1.54) is 11.1 Å². The van der Waals surface area contributed by atoms with Crippen molar-refractivity contribution in [2.24, 2.45) is 0 Å². The smallest absolute Gasteiger partial charge is 0.213 e. The van der Waals surface area contributed by atoms with Crippen LogP contribution in [0.3, 0.4) is 0 Å². The molecule has 0 amide bonds. The highest BCUT2D eigenvalue weighted by atomic mass is 16.3. The minimum Gasteiger partial charge on any atom is -0.439 e. The number of hydrogen-bond donors (Lipinski definition) is 0. The van der Waals surface area contributed by atoms with Crippen LogP contribution in [-0.4, -0.2) is 9.13 Å². The van der Waals surface area contributed by atoms with Gasteiger partial charge in [0, 0.05) is 32.9 Å². The molecule has 4 heteroatoms. The van der Waals surface area contributed by atoms with Gasteiger partial charge in [-0.3, -0.25) is 9.13 Å². The summed E-state index contributed by atoms with van der Waals surface area (Å²) in [5.41, 5.74) is 14.8. The molecule has 0 saturated heterocycles. The van der Waals surface area contributed by atoms with Crippen LogP contribution in [0.5, 0.6) is 0 Å². The lowest BCUT2D eigenvalue weighted by Gasteiger charge is -2.13. The van der Waals surface area contributed by atoms with Crippen LogP contribution in [-0.2, 0) is 0 Å². The van der Waals surface area contributed by atoms with Crippen LogP contribution in [0.15, 0.2) is 203 Å². The van der Waals surface area contributed by atoms with Gasteiger partial charge in [-0.15, -0.1) is 0 Å². The molecule has 12 aromatic rings. The van der Waals surface area contributed by atoms with Crippen LogP contribution >= 0.6 is 0 Å². The van der Waals surface area contributed by atoms with Crippen molar-refractivity contribution in [3.63, 3.8) is 0 Å². The van der Waals surface area contributed by atoms with Crippen molar-refractivity contribution in [3.05, 3.63) is 194 Å². The Hall–Kier alpha value is -7.56. The summed E-state index contributed by atoms with van der Waals surface area (Å²) in [5, 5.41) is 6.82. The zero-order chi connectivity index (χ0) is 36.7. The topological polar surface area (TPSA) is 36.1 Å². The van der Waals surface area contributed by atoms with Crippen molar-refractivity contribution in [3.8, 4) is 44.8 Å². The Labute approximate surface area is 321 Å². The van der Waals surface area contributed by atoms with E-state index < -0.39 is 0 Å². The van der Waals surface area contributed by atoms with E-state index in [4.69, 9.17) is 8.83 Å². The number of rotatable bonds is 5. The first kappa shape index (κ1) is 30.9. The minimum atomic E-state index is 0.858. The summed E-state index contributed by atoms with van der Waals surface area (Å²) in [4.78, 5) is 0. The number of fused-ring (bicyclic) bond motifs is 10. The Balaban J connectivity index is 1.10. The van der Waals surface area contributed by atoms with E-state index in [0.29, 0.717) is 0 Å². The lowest BCUT2D eigenvalue weighted by atomic mass is 9.92. The molecule has 8 aromatic carbocycles. The standard InChI is InChI=1S/C52H32N2O2/c1-4-14-33(15-5-1)36-28-37(34-24-26-45-43(31-34)49-41-20-10-12-22-47(41)55-51(49)53(45)39-16-6-2-7-17-39)30-38(29-36)35-25-27-46-44(32-35)50-42-21-11-13-23-48(42)56-52(50)54(46)40-18-8-3-9-19-40/h1-32H. The van der Waals surface area contributed by atoms with Crippen molar-refractivity contribution >= 4 is 65.9 Å². The Morgan fingerprint density at radius 3 is 1.14 bits per heavy atom. The molecule has 0 bridgehead atoms. The number of nitrogens with zero attached hydrogens (tertiary/aromatic N) is 2. The molecule has 0 aliphatic rings. The first-order valence-corrected chi connectivity index (χ1v) is 19.0. The van der Waals surface area contributed by atoms with Gasteiger partial charge in [0.05, 0.1) is 21.8 Å². The number of para-hydroxylation sites is 4. The normalized spacial score (nSPS) is 11.9. The van der Waals surface area contributed by atoms with Gasteiger partial charge in [0.2, 0.25) is 11.4 Å². The number of hydrogen-bond acceptors (Lipinski definition) is 2. The summed E-state index contributed by atoms with van der Waals surface area (Å²) in [6, 6.07) is 69.0. The van der Waals surface area contributed by atoms with Gasteiger partial charge in [-0.1, -0.05) is 115 Å². The number of furan rings is 2. The summed E-state index contributed by atoms with van der Waals surface area (Å²) in [5.74, 6) is 0. The Kier molecular flexibility index (Phi) is 6.60. The molecule has 4 aromatic heterocycles. The second-order valence-electron chi connectivity index (χ2n) is 14.5. The Morgan fingerprint density at radius 2 is 0.679 bits per heavy atom. The minimum absolute atomic E-state index is 0.858. The first-order chi connectivity index (χ1) is 27.8. The van der Waals surface area contributed by atoms with Crippen LogP contribution in [0.2, 0.25) is 0 Å². The van der Waals surface area contributed by atoms with Gasteiger partial charge in [0.25, 0.3) is 0 Å². The zero-order valence-corrected chi connectivity index (χ0v) is 30.2. The van der Waals surface area contributed by atoms with Crippen LogP contribution in [0.1, 0.15) is 0 Å². The van der Waals surface area contributed by atoms with E-state index >= 15 is 0 Å². The summed E-state index contributed by atoms with van der Waals surface area (Å²) >= 11 is 0. The third-order valence-electron chi connectivity index (χ3n) is 11.3. The zero-order valence-electron chi connectivity index (χ0n) is 30.2. The second-order valence-corrected chi connectivity index (χ2v) is 14.5. The molecular formula is C52H32N2O2. The molecule has 0 fully saturated rings. The molecule has 0 aliphatic heterocycles. The van der Waals surface area contributed by atoms with E-state index in [2.05, 4.69) is 191 Å². The SMILES string of the molecule is c1ccc(-c2cc(-c3ccc4c(c3)c3c5ccccc5oc3n4-c3ccccc3)cc(-c3ccc4c(c3)c3c5ccccc5oc3n4-c3ccccc3)c2)cc1. The molecular weight excluding hydrogens is 685 g/mol. The van der Waals surface area contributed by atoms with E-state index in [-0.39, 0.29) is 0 Å². The highest BCUT2D eigenvalue weighted by Gasteiger charge is 2.22. The van der Waals surface area contributed by atoms with Crippen LogP contribution in [0.4, 0.5) is 0 Å². The Bertz CT molecular complexity index is 3250. The largest absolute Gasteiger partial charge is 0.439 e. The predicted molar refractivity (Wildman–Crippen MR) is 231 cm³/mol. The maximum atomic E-state index is 6.59. The van der Waals surface area contributed by atoms with E-state index in [1.54, 1.807) is 0 Å². The van der Waals surface area contributed by atoms with Crippen LogP contribution in [0, 0.1) is 0 Å². The summed E-state index contributed by atoms with van der Waals surface area (Å²) in [6.07, 6.45) is 0. The molecule has 4 heterocycles. The molecule has 0 spiro atoms. The van der Waals surface area contributed by atoms with E-state index in [0.717, 1.165) is 99.6 Å². The van der Waals surface area contributed by atoms with Crippen molar-refractivity contribution in [2.45, 2.75) is 0 Å². The monoisotopic (exact) mass is 716 g/mol. The fraction of sp³-hybridized carbons (Fsp3) is 0. The fourth-order valence-electron chi connectivity index (χ4n) is 8.77. The lowest BCUT2D eigenvalue weighted by molar-refractivity contribution is 0.645. The maximum Gasteiger partial charge on any atom is 0.213 e. The Morgan fingerprint density at radius 1 is 0.286 bits per heavy atom. The summed E-state index contributed by atoms with van der Waals surface area (Å²) < 4.78 is 17.7. The van der Waals surface area contributed by atoms with Crippen molar-refractivity contribution < 1.29 is 8.83 Å². The predicted octanol–water partition coefficient (Wildman–Crippen LogP) is 14.4. The second kappa shape index (κ2) is 12.0. The van der Waals surface area contributed by atoms with Crippen molar-refractivity contribution in [2.75, 3.05) is 0 Å². The highest BCUT2D eigenvalue weighted by Crippen LogP contribution is 2.44. The number of benzene rings is 8. The van der Waals surface area contributed by atoms with E-state index in [1.807, 2.05) is 12.1 Å². The van der Waals surface area contributed by atoms with Gasteiger partial charge in [-0.25, -0.2) is 0 Å². The lowest BCUT2D eigenvalue weighted by Crippen LogP contribution is -1.93. The highest BCUT2D eigenvalue weighted by molar-refractivity contribution is 6.21. The quantitative estimate of drug-likeness (QED) is 0.178. The molecule has 0 atom stereocenters. The third kappa shape index (κ3) is 4.60. The van der Waals surface area contributed by atoms with Gasteiger partial charge in [0.1, 0.15) is 11.2 Å². The van der Waals surface area contributed by atoms with E-state index in [9.17, 15) is 0 Å². The molecule has 0 aliphatic carbocycles. The summed E-state index contributed by atoms with van der Waals surface area (Å²) in [6.45, 7) is 0. The van der Waals surface area contributed by atoms with Gasteiger partial charge in [-0.2, -0.15) is 0 Å². The van der Waals surface area contributed by atoms with Crippen LogP contribution < -0.4 is 0 Å². The van der Waals surface area contributed by atoms with Crippen LogP contribution in [0.25, 0.3) is 111 Å². The van der Waals surface area contributed by atoms with Gasteiger partial charge >= 0.3 is 0 Å².